The molecule has 0 bridgehead atoms. The van der Waals surface area contributed by atoms with Crippen LogP contribution in [0.15, 0.2) is 12.2 Å². The Balaban J connectivity index is 1.30. The fraction of sp³-hybridized carbons (Fsp3) is 0.959. The number of carbonyl (C=O) groups is 1. The molecule has 0 aromatic rings. The molecule has 3 aliphatic heterocycles. The summed E-state index contributed by atoms with van der Waals surface area (Å²) in [4.78, 5) is 13.4. The Morgan fingerprint density at radius 2 is 0.677 bits per heavy atom. The minimum Gasteiger partial charge on any atom is -0.394 e. The van der Waals surface area contributed by atoms with Crippen LogP contribution in [0.5, 0.6) is 0 Å². The zero-order valence-electron chi connectivity index (χ0n) is 58.5. The minimum atomic E-state index is -1.97. The number of rotatable bonds is 61. The topological polar surface area (TPSA) is 307 Å². The quantitative estimate of drug-likeness (QED) is 0.0199. The number of aliphatic hydroxyl groups is 11. The fourth-order valence-electron chi connectivity index (χ4n) is 13.4. The van der Waals surface area contributed by atoms with E-state index in [1.54, 1.807) is 0 Å². The molecule has 3 aliphatic rings. The van der Waals surface area contributed by atoms with Crippen molar-refractivity contribution < 1.29 is 89.4 Å². The molecule has 93 heavy (non-hydrogen) atoms. The summed E-state index contributed by atoms with van der Waals surface area (Å²) < 4.78 is 34.4. The molecule has 19 nitrogen and oxygen atoms in total. The Bertz CT molecular complexity index is 1730. The van der Waals surface area contributed by atoms with E-state index in [1.165, 1.54) is 244 Å². The average Bonchev–Trinajstić information content (AvgIpc) is 0.842. The zero-order chi connectivity index (χ0) is 67.5. The maximum atomic E-state index is 13.4. The molecular formula is C74H141NO18. The van der Waals surface area contributed by atoms with Crippen LogP contribution in [0.2, 0.25) is 0 Å². The third-order valence-corrected chi connectivity index (χ3v) is 19.6. The second kappa shape index (κ2) is 56.3. The molecule has 12 N–H and O–H groups in total. The summed E-state index contributed by atoms with van der Waals surface area (Å²) in [7, 11) is 0. The monoisotopic (exact) mass is 1330 g/mol. The number of aliphatic hydroxyl groups excluding tert-OH is 11. The summed E-state index contributed by atoms with van der Waals surface area (Å²) in [5.41, 5.74) is 0. The van der Waals surface area contributed by atoms with Crippen LogP contribution in [0.3, 0.4) is 0 Å². The minimum absolute atomic E-state index is 0.236. The molecule has 0 aromatic carbocycles. The van der Waals surface area contributed by atoms with E-state index in [-0.39, 0.29) is 18.9 Å². The number of nitrogens with one attached hydrogen (secondary N) is 1. The van der Waals surface area contributed by atoms with Crippen molar-refractivity contribution in [3.05, 3.63) is 12.2 Å². The van der Waals surface area contributed by atoms with Gasteiger partial charge in [-0.1, -0.05) is 289 Å². The van der Waals surface area contributed by atoms with E-state index in [4.69, 9.17) is 28.4 Å². The molecule has 3 heterocycles. The van der Waals surface area contributed by atoms with E-state index >= 15 is 0 Å². The van der Waals surface area contributed by atoms with Gasteiger partial charge in [-0.3, -0.25) is 4.79 Å². The van der Waals surface area contributed by atoms with Gasteiger partial charge in [-0.15, -0.1) is 0 Å². The smallest absolute Gasteiger partial charge is 0.220 e. The van der Waals surface area contributed by atoms with E-state index in [9.17, 15) is 61.0 Å². The lowest BCUT2D eigenvalue weighted by Crippen LogP contribution is -2.66. The molecule has 0 aliphatic carbocycles. The van der Waals surface area contributed by atoms with Crippen molar-refractivity contribution in [1.82, 2.24) is 5.32 Å². The lowest BCUT2D eigenvalue weighted by Gasteiger charge is -2.48. The molecule has 0 spiro atoms. The average molecular weight is 1330 g/mol. The predicted molar refractivity (Wildman–Crippen MR) is 365 cm³/mol. The van der Waals surface area contributed by atoms with Gasteiger partial charge in [0.05, 0.1) is 38.6 Å². The van der Waals surface area contributed by atoms with Crippen molar-refractivity contribution in [3.63, 3.8) is 0 Å². The van der Waals surface area contributed by atoms with E-state index in [0.717, 1.165) is 44.9 Å². The van der Waals surface area contributed by atoms with Crippen LogP contribution >= 0.6 is 0 Å². The van der Waals surface area contributed by atoms with Crippen LogP contribution in [-0.4, -0.2) is 193 Å². The summed E-state index contributed by atoms with van der Waals surface area (Å²) in [6.07, 6.45) is 37.6. The van der Waals surface area contributed by atoms with Gasteiger partial charge in [-0.2, -0.15) is 0 Å². The summed E-state index contributed by atoms with van der Waals surface area (Å²) in [5.74, 6) is -0.236. The molecule has 0 aromatic heterocycles. The first kappa shape index (κ1) is 85.8. The van der Waals surface area contributed by atoms with Crippen LogP contribution in [0.1, 0.15) is 322 Å². The van der Waals surface area contributed by atoms with Gasteiger partial charge in [0.25, 0.3) is 0 Å². The third-order valence-electron chi connectivity index (χ3n) is 19.6. The normalized spacial score (nSPS) is 27.5. The van der Waals surface area contributed by atoms with Crippen molar-refractivity contribution in [1.29, 1.82) is 0 Å². The first-order valence-corrected chi connectivity index (χ1v) is 38.4. The standard InChI is InChI=1S/C74H141NO18/c1-3-5-7-9-11-13-15-17-18-19-20-21-22-23-24-25-26-27-28-29-30-31-32-33-34-35-36-37-38-40-42-44-46-48-50-52-62(80)75-57(58(79)51-49-47-45-43-41-39-16-14-12-10-8-6-4-2)56-88-72-68(86)65(83)70(60(54-77)90-72)93-74-69(87)66(84)71(61(55-78)91-74)92-73-67(85)64(82)63(81)59(53-76)89-73/h19-20,57-61,63-74,76-79,81-87H,3-18,21-56H2,1-2H3,(H,75,80)/b20-19-. The maximum absolute atomic E-state index is 13.4. The van der Waals surface area contributed by atoms with E-state index in [0.29, 0.717) is 12.8 Å². The number of allylic oxidation sites excluding steroid dienone is 2. The van der Waals surface area contributed by atoms with Gasteiger partial charge < -0.3 is 89.9 Å². The molecule has 0 radical (unpaired) electrons. The van der Waals surface area contributed by atoms with Crippen LogP contribution in [-0.2, 0) is 33.2 Å². The fourth-order valence-corrected chi connectivity index (χ4v) is 13.4. The Morgan fingerprint density at radius 3 is 1.04 bits per heavy atom. The first-order chi connectivity index (χ1) is 45.3. The van der Waals surface area contributed by atoms with Gasteiger partial charge in [0, 0.05) is 6.42 Å². The second-order valence-electron chi connectivity index (χ2n) is 27.8. The predicted octanol–water partition coefficient (Wildman–Crippen LogP) is 11.6. The lowest BCUT2D eigenvalue weighted by atomic mass is 9.96. The Hall–Kier alpha value is -1.47. The Labute approximate surface area is 563 Å². The van der Waals surface area contributed by atoms with E-state index < -0.39 is 124 Å². The molecule has 550 valence electrons. The van der Waals surface area contributed by atoms with Gasteiger partial charge in [0.15, 0.2) is 18.9 Å². The van der Waals surface area contributed by atoms with Crippen molar-refractivity contribution in [2.75, 3.05) is 26.4 Å². The van der Waals surface area contributed by atoms with Gasteiger partial charge in [-0.05, 0) is 38.5 Å². The largest absolute Gasteiger partial charge is 0.394 e. The highest BCUT2D eigenvalue weighted by molar-refractivity contribution is 5.76. The van der Waals surface area contributed by atoms with Crippen molar-refractivity contribution in [2.45, 2.75) is 426 Å². The number of hydrogen-bond acceptors (Lipinski definition) is 18. The van der Waals surface area contributed by atoms with Gasteiger partial charge in [0.2, 0.25) is 5.91 Å². The summed E-state index contributed by atoms with van der Waals surface area (Å²) in [6, 6.07) is -0.882. The second-order valence-corrected chi connectivity index (χ2v) is 27.8. The summed E-state index contributed by atoms with van der Waals surface area (Å²) >= 11 is 0. The van der Waals surface area contributed by atoms with Crippen molar-refractivity contribution in [2.24, 2.45) is 0 Å². The lowest BCUT2D eigenvalue weighted by molar-refractivity contribution is -0.379. The molecule has 0 saturated carbocycles. The molecule has 17 unspecified atom stereocenters. The molecular weight excluding hydrogens is 1190 g/mol. The molecule has 19 heteroatoms. The van der Waals surface area contributed by atoms with Crippen LogP contribution in [0.4, 0.5) is 0 Å². The highest BCUT2D eigenvalue weighted by Gasteiger charge is 2.53. The zero-order valence-corrected chi connectivity index (χ0v) is 58.5. The summed E-state index contributed by atoms with van der Waals surface area (Å²) in [6.45, 7) is 1.83. The SMILES string of the molecule is CCCCCCCCCC/C=C\CCCCCCCCCCCCCCCCCCCCCCCCCC(=O)NC(COC1OC(CO)C(OC2OC(CO)C(OC3OC(CO)C(O)C(O)C3O)C(O)C2O)C(O)C1O)C(O)CCCCCCCCCCCCCCC. The van der Waals surface area contributed by atoms with E-state index in [1.807, 2.05) is 0 Å². The van der Waals surface area contributed by atoms with Gasteiger partial charge >= 0.3 is 0 Å². The van der Waals surface area contributed by atoms with Crippen molar-refractivity contribution in [3.8, 4) is 0 Å². The molecule has 1 amide bonds. The highest BCUT2D eigenvalue weighted by atomic mass is 16.8. The molecule has 3 saturated heterocycles. The number of unbranched alkanes of at least 4 members (excludes halogenated alkanes) is 43. The molecule has 3 fully saturated rings. The van der Waals surface area contributed by atoms with Gasteiger partial charge in [0.1, 0.15) is 73.2 Å². The maximum Gasteiger partial charge on any atom is 0.220 e. The Kier molecular flexibility index (Phi) is 51.9. The number of amides is 1. The number of ether oxygens (including phenoxy) is 6. The van der Waals surface area contributed by atoms with Crippen LogP contribution < -0.4 is 5.32 Å². The van der Waals surface area contributed by atoms with Crippen LogP contribution in [0, 0.1) is 0 Å². The molecule has 3 rings (SSSR count). The third kappa shape index (κ3) is 37.5. The number of carbonyl (C=O) groups excluding carboxylic acids is 1. The Morgan fingerprint density at radius 1 is 0.376 bits per heavy atom. The van der Waals surface area contributed by atoms with Gasteiger partial charge in [-0.25, -0.2) is 0 Å². The molecule has 17 atom stereocenters. The highest BCUT2D eigenvalue weighted by Crippen LogP contribution is 2.33. The summed E-state index contributed by atoms with van der Waals surface area (Å²) in [5, 5.41) is 121. The first-order valence-electron chi connectivity index (χ1n) is 38.4. The van der Waals surface area contributed by atoms with E-state index in [2.05, 4.69) is 31.3 Å². The van der Waals surface area contributed by atoms with Crippen LogP contribution in [0.25, 0.3) is 0 Å². The van der Waals surface area contributed by atoms with Crippen molar-refractivity contribution >= 4 is 5.91 Å². The number of hydrogen-bond donors (Lipinski definition) is 12.